The van der Waals surface area contributed by atoms with E-state index >= 15 is 0 Å². The second kappa shape index (κ2) is 6.33. The maximum Gasteiger partial charge on any atom is 0.0937 e. The highest BCUT2D eigenvalue weighted by molar-refractivity contribution is 7.09. The molecule has 0 aliphatic carbocycles. The Bertz CT molecular complexity index is 365. The number of hydrogen-bond acceptors (Lipinski definition) is 4. The molecule has 0 saturated carbocycles. The molecule has 1 N–H and O–H groups in total. The lowest BCUT2D eigenvalue weighted by Gasteiger charge is -2.39. The average Bonchev–Trinajstić information content (AvgIpc) is 3.01. The zero-order valence-electron chi connectivity index (χ0n) is 11.8. The Morgan fingerprint density at radius 3 is 2.79 bits per heavy atom. The van der Waals surface area contributed by atoms with E-state index in [1.54, 1.807) is 11.3 Å². The molecule has 0 radical (unpaired) electrons. The minimum Gasteiger partial charge on any atom is -0.314 e. The first kappa shape index (κ1) is 13.5. The zero-order chi connectivity index (χ0) is 13.1. The highest BCUT2D eigenvalue weighted by atomic mass is 32.1. The number of piperidine rings is 1. The van der Waals surface area contributed by atoms with Crippen molar-refractivity contribution in [3.8, 4) is 0 Å². The van der Waals surface area contributed by atoms with Crippen molar-refractivity contribution in [1.29, 1.82) is 0 Å². The van der Waals surface area contributed by atoms with Crippen LogP contribution in [0.5, 0.6) is 0 Å². The molecule has 2 atom stereocenters. The summed E-state index contributed by atoms with van der Waals surface area (Å²) in [6.07, 6.45) is 9.84. The van der Waals surface area contributed by atoms with Crippen molar-refractivity contribution >= 4 is 11.3 Å². The van der Waals surface area contributed by atoms with Gasteiger partial charge in [0.25, 0.3) is 0 Å². The number of aromatic nitrogens is 1. The first-order chi connectivity index (χ1) is 9.36. The van der Waals surface area contributed by atoms with Crippen molar-refractivity contribution in [1.82, 2.24) is 15.2 Å². The summed E-state index contributed by atoms with van der Waals surface area (Å²) in [5, 5.41) is 7.11. The molecule has 2 bridgehead atoms. The van der Waals surface area contributed by atoms with Gasteiger partial charge in [-0.1, -0.05) is 6.92 Å². The Labute approximate surface area is 120 Å². The van der Waals surface area contributed by atoms with Crippen molar-refractivity contribution in [2.24, 2.45) is 0 Å². The lowest BCUT2D eigenvalue weighted by molar-refractivity contribution is 0.118. The molecule has 0 amide bonds. The van der Waals surface area contributed by atoms with E-state index in [0.29, 0.717) is 0 Å². The number of fused-ring (bicyclic) bond motifs is 2. The molecule has 1 aromatic rings. The number of thiazole rings is 1. The Balaban J connectivity index is 1.51. The molecule has 19 heavy (non-hydrogen) atoms. The lowest BCUT2D eigenvalue weighted by Crippen LogP contribution is -2.49. The third-order valence-corrected chi connectivity index (χ3v) is 5.47. The number of rotatable bonds is 6. The van der Waals surface area contributed by atoms with Gasteiger partial charge in [0.2, 0.25) is 0 Å². The first-order valence-corrected chi connectivity index (χ1v) is 8.62. The van der Waals surface area contributed by atoms with E-state index in [2.05, 4.69) is 27.5 Å². The van der Waals surface area contributed by atoms with Crippen LogP contribution >= 0.6 is 11.3 Å². The van der Waals surface area contributed by atoms with Crippen molar-refractivity contribution in [2.45, 2.75) is 63.6 Å². The van der Waals surface area contributed by atoms with E-state index in [1.165, 1.54) is 50.2 Å². The van der Waals surface area contributed by atoms with Crippen LogP contribution in [-0.2, 0) is 6.42 Å². The molecule has 1 aromatic heterocycles. The van der Waals surface area contributed by atoms with Gasteiger partial charge >= 0.3 is 0 Å². The largest absolute Gasteiger partial charge is 0.314 e. The Morgan fingerprint density at radius 2 is 2.16 bits per heavy atom. The summed E-state index contributed by atoms with van der Waals surface area (Å²) in [5.41, 5.74) is 0. The van der Waals surface area contributed by atoms with Crippen molar-refractivity contribution in [3.05, 3.63) is 16.6 Å². The van der Waals surface area contributed by atoms with E-state index in [4.69, 9.17) is 0 Å². The minimum atomic E-state index is 0.772. The summed E-state index contributed by atoms with van der Waals surface area (Å²) in [6.45, 7) is 4.65. The van der Waals surface area contributed by atoms with E-state index in [9.17, 15) is 0 Å². The van der Waals surface area contributed by atoms with Gasteiger partial charge in [-0.3, -0.25) is 4.90 Å². The molecule has 0 aromatic carbocycles. The summed E-state index contributed by atoms with van der Waals surface area (Å²) in [5.74, 6) is 0. The summed E-state index contributed by atoms with van der Waals surface area (Å²) in [7, 11) is 0. The monoisotopic (exact) mass is 279 g/mol. The fraction of sp³-hybridized carbons (Fsp3) is 0.800. The van der Waals surface area contributed by atoms with E-state index < -0.39 is 0 Å². The predicted octanol–water partition coefficient (Wildman–Crippen LogP) is 2.68. The van der Waals surface area contributed by atoms with Gasteiger partial charge in [0.1, 0.15) is 0 Å². The zero-order valence-corrected chi connectivity index (χ0v) is 12.7. The third-order valence-electron chi connectivity index (χ3n) is 4.63. The molecule has 2 aliphatic heterocycles. The van der Waals surface area contributed by atoms with E-state index in [1.807, 2.05) is 6.20 Å². The van der Waals surface area contributed by atoms with Crippen LogP contribution in [0.2, 0.25) is 0 Å². The summed E-state index contributed by atoms with van der Waals surface area (Å²) >= 11 is 1.80. The fourth-order valence-electron chi connectivity index (χ4n) is 3.76. The second-order valence-corrected chi connectivity index (χ2v) is 6.90. The van der Waals surface area contributed by atoms with Gasteiger partial charge in [0.05, 0.1) is 5.01 Å². The van der Waals surface area contributed by atoms with E-state index in [-0.39, 0.29) is 0 Å². The topological polar surface area (TPSA) is 28.2 Å². The smallest absolute Gasteiger partial charge is 0.0937 e. The Hall–Kier alpha value is -0.450. The molecule has 3 heterocycles. The molecule has 0 spiro atoms. The molecule has 106 valence electrons. The highest BCUT2D eigenvalue weighted by Crippen LogP contribution is 2.35. The maximum absolute atomic E-state index is 4.41. The van der Waals surface area contributed by atoms with Crippen molar-refractivity contribution < 1.29 is 0 Å². The first-order valence-electron chi connectivity index (χ1n) is 7.74. The summed E-state index contributed by atoms with van der Waals surface area (Å²) in [4.78, 5) is 7.18. The van der Waals surface area contributed by atoms with Crippen LogP contribution in [0.4, 0.5) is 0 Å². The number of hydrogen-bond donors (Lipinski definition) is 1. The lowest BCUT2D eigenvalue weighted by atomic mass is 9.97. The van der Waals surface area contributed by atoms with Gasteiger partial charge in [-0.15, -0.1) is 11.3 Å². The molecule has 3 rings (SSSR count). The fourth-order valence-corrected chi connectivity index (χ4v) is 4.37. The Morgan fingerprint density at radius 1 is 1.37 bits per heavy atom. The quantitative estimate of drug-likeness (QED) is 0.868. The van der Waals surface area contributed by atoms with Gasteiger partial charge in [-0.2, -0.15) is 0 Å². The van der Waals surface area contributed by atoms with Gasteiger partial charge in [-0.05, 0) is 38.6 Å². The minimum absolute atomic E-state index is 0.772. The van der Waals surface area contributed by atoms with Crippen molar-refractivity contribution in [2.75, 3.05) is 13.1 Å². The third kappa shape index (κ3) is 3.18. The van der Waals surface area contributed by atoms with Gasteiger partial charge in [-0.25, -0.2) is 4.98 Å². The molecule has 2 fully saturated rings. The number of nitrogens with zero attached hydrogens (tertiary/aromatic N) is 2. The van der Waals surface area contributed by atoms with Gasteiger partial charge < -0.3 is 5.32 Å². The number of nitrogens with one attached hydrogen (secondary N) is 1. The van der Waals surface area contributed by atoms with Crippen LogP contribution in [0.25, 0.3) is 0 Å². The van der Waals surface area contributed by atoms with Gasteiger partial charge in [0, 0.05) is 42.7 Å². The molecule has 2 aliphatic rings. The molecular weight excluding hydrogens is 254 g/mol. The predicted molar refractivity (Wildman–Crippen MR) is 80.6 cm³/mol. The van der Waals surface area contributed by atoms with Crippen LogP contribution in [-0.4, -0.2) is 41.1 Å². The van der Waals surface area contributed by atoms with Crippen LogP contribution in [0.1, 0.15) is 44.0 Å². The van der Waals surface area contributed by atoms with Crippen LogP contribution in [0.3, 0.4) is 0 Å². The Kier molecular flexibility index (Phi) is 4.51. The van der Waals surface area contributed by atoms with Crippen LogP contribution in [0, 0.1) is 0 Å². The molecular formula is C15H25N3S. The van der Waals surface area contributed by atoms with E-state index in [0.717, 1.165) is 24.5 Å². The highest BCUT2D eigenvalue weighted by Gasteiger charge is 2.39. The van der Waals surface area contributed by atoms with Gasteiger partial charge in [0.15, 0.2) is 0 Å². The van der Waals surface area contributed by atoms with Crippen molar-refractivity contribution in [3.63, 3.8) is 0 Å². The van der Waals surface area contributed by atoms with Crippen LogP contribution < -0.4 is 5.32 Å². The van der Waals surface area contributed by atoms with Crippen LogP contribution in [0.15, 0.2) is 11.6 Å². The standard InChI is InChI=1S/C15H25N3S/c1-2-6-16-12-10-13-3-4-14(11-12)18(13)8-5-15-17-7-9-19-15/h7,9,12-14,16H,2-6,8,10-11H2,1H3. The second-order valence-electron chi connectivity index (χ2n) is 5.92. The molecule has 3 nitrogen and oxygen atoms in total. The summed E-state index contributed by atoms with van der Waals surface area (Å²) < 4.78 is 0. The maximum atomic E-state index is 4.41. The average molecular weight is 279 g/mol. The molecule has 2 saturated heterocycles. The summed E-state index contributed by atoms with van der Waals surface area (Å²) in [6, 6.07) is 2.43. The normalized spacial score (nSPS) is 30.9. The SMILES string of the molecule is CCCNC1CC2CCC(C1)N2CCc1nccs1. The molecule has 2 unspecified atom stereocenters. The molecule has 4 heteroatoms.